The molecule has 178 valence electrons. The number of aromatic nitrogens is 4. The van der Waals surface area contributed by atoms with E-state index < -0.39 is 20.0 Å². The summed E-state index contributed by atoms with van der Waals surface area (Å²) >= 11 is 1.08. The highest BCUT2D eigenvalue weighted by atomic mass is 32.2. The summed E-state index contributed by atoms with van der Waals surface area (Å²) in [7, 11) is -8.14. The second-order valence-electron chi connectivity index (χ2n) is 7.31. The monoisotopic (exact) mass is 527 g/mol. The van der Waals surface area contributed by atoms with Gasteiger partial charge >= 0.3 is 0 Å². The van der Waals surface area contributed by atoms with Gasteiger partial charge in [-0.15, -0.1) is 0 Å². The molecule has 0 aliphatic rings. The van der Waals surface area contributed by atoms with Gasteiger partial charge in [0.05, 0.1) is 15.5 Å². The van der Waals surface area contributed by atoms with Crippen LogP contribution in [0.2, 0.25) is 0 Å². The number of benzene rings is 3. The maximum Gasteiger partial charge on any atom is 0.267 e. The quantitative estimate of drug-likeness (QED) is 0.272. The molecule has 0 amide bonds. The predicted octanol–water partition coefficient (Wildman–Crippen LogP) is 3.65. The van der Waals surface area contributed by atoms with Crippen LogP contribution in [0, 0.1) is 0 Å². The summed E-state index contributed by atoms with van der Waals surface area (Å²) in [5.74, 6) is -0.0370. The zero-order valence-corrected chi connectivity index (χ0v) is 20.2. The van der Waals surface area contributed by atoms with E-state index in [4.69, 9.17) is 0 Å². The van der Waals surface area contributed by atoms with Crippen LogP contribution in [-0.4, -0.2) is 41.1 Å². The maximum atomic E-state index is 13.2. The fourth-order valence-corrected chi connectivity index (χ4v) is 6.57. The minimum atomic E-state index is -4.18. The summed E-state index contributed by atoms with van der Waals surface area (Å²) in [5, 5.41) is 18.5. The Bertz CT molecular complexity index is 1730. The zero-order valence-electron chi connectivity index (χ0n) is 17.7. The SMILES string of the molecule is O=S(=O)(Nc1cc(Sc2ncn[nH]2)c(O)c2ccccc12)c1ccn(S(=O)(=O)c2ccccc2)c1. The van der Waals surface area contributed by atoms with Gasteiger partial charge in [-0.05, 0) is 36.0 Å². The number of phenols is 1. The first-order valence-electron chi connectivity index (χ1n) is 10.0. The smallest absolute Gasteiger partial charge is 0.267 e. The highest BCUT2D eigenvalue weighted by Crippen LogP contribution is 2.42. The molecule has 0 atom stereocenters. The third-order valence-electron chi connectivity index (χ3n) is 5.09. The number of rotatable bonds is 7. The van der Waals surface area contributed by atoms with Gasteiger partial charge in [0.25, 0.3) is 20.0 Å². The van der Waals surface area contributed by atoms with Gasteiger partial charge in [0.2, 0.25) is 0 Å². The molecule has 5 aromatic rings. The summed E-state index contributed by atoms with van der Waals surface area (Å²) in [6.07, 6.45) is 3.53. The molecule has 5 rings (SSSR count). The summed E-state index contributed by atoms with van der Waals surface area (Å²) in [6.45, 7) is 0. The fraction of sp³-hybridized carbons (Fsp3) is 0. The van der Waals surface area contributed by atoms with Gasteiger partial charge in [-0.25, -0.2) is 25.8 Å². The van der Waals surface area contributed by atoms with Crippen molar-refractivity contribution in [3.63, 3.8) is 0 Å². The fourth-order valence-electron chi connectivity index (χ4n) is 3.43. The van der Waals surface area contributed by atoms with Gasteiger partial charge in [0, 0.05) is 23.2 Å². The molecule has 2 heterocycles. The van der Waals surface area contributed by atoms with Gasteiger partial charge in [-0.3, -0.25) is 9.82 Å². The number of hydrogen-bond donors (Lipinski definition) is 3. The van der Waals surface area contributed by atoms with Crippen LogP contribution in [-0.2, 0) is 20.0 Å². The Morgan fingerprint density at radius 3 is 2.34 bits per heavy atom. The first-order valence-corrected chi connectivity index (χ1v) is 13.8. The molecule has 0 fully saturated rings. The molecular formula is C22H17N5O5S3. The van der Waals surface area contributed by atoms with Crippen molar-refractivity contribution in [3.8, 4) is 5.75 Å². The molecule has 0 aliphatic heterocycles. The lowest BCUT2D eigenvalue weighted by Crippen LogP contribution is -2.14. The molecule has 0 aliphatic carbocycles. The molecule has 0 unspecified atom stereocenters. The number of phenolic OH excluding ortho intramolecular Hbond substituents is 1. The van der Waals surface area contributed by atoms with Crippen LogP contribution in [0.1, 0.15) is 0 Å². The average Bonchev–Trinajstić information content (AvgIpc) is 3.56. The van der Waals surface area contributed by atoms with Gasteiger partial charge in [-0.2, -0.15) is 5.10 Å². The molecule has 0 saturated heterocycles. The van der Waals surface area contributed by atoms with Crippen molar-refractivity contribution in [2.24, 2.45) is 0 Å². The molecule has 0 bridgehead atoms. The number of fused-ring (bicyclic) bond motifs is 1. The zero-order chi connectivity index (χ0) is 24.6. The molecule has 3 aromatic carbocycles. The molecule has 35 heavy (non-hydrogen) atoms. The average molecular weight is 528 g/mol. The van der Waals surface area contributed by atoms with Crippen molar-refractivity contribution in [1.82, 2.24) is 19.2 Å². The molecule has 13 heteroatoms. The Kier molecular flexibility index (Phi) is 5.75. The molecule has 0 saturated carbocycles. The number of anilines is 1. The molecular weight excluding hydrogens is 510 g/mol. The van der Waals surface area contributed by atoms with E-state index in [0.717, 1.165) is 21.9 Å². The van der Waals surface area contributed by atoms with Crippen LogP contribution in [0.25, 0.3) is 10.8 Å². The van der Waals surface area contributed by atoms with Crippen LogP contribution in [0.15, 0.2) is 105 Å². The van der Waals surface area contributed by atoms with E-state index in [2.05, 4.69) is 19.9 Å². The first-order chi connectivity index (χ1) is 16.8. The van der Waals surface area contributed by atoms with Gasteiger partial charge < -0.3 is 5.11 Å². The van der Waals surface area contributed by atoms with E-state index in [9.17, 15) is 21.9 Å². The van der Waals surface area contributed by atoms with E-state index in [0.29, 0.717) is 20.8 Å². The summed E-state index contributed by atoms with van der Waals surface area (Å²) in [5.41, 5.74) is 0.207. The number of aromatic amines is 1. The third kappa shape index (κ3) is 4.36. The maximum absolute atomic E-state index is 13.2. The Labute approximate surface area is 204 Å². The van der Waals surface area contributed by atoms with E-state index in [1.54, 1.807) is 42.5 Å². The topological polar surface area (TPSA) is 147 Å². The number of nitrogens with zero attached hydrogens (tertiary/aromatic N) is 3. The number of H-pyrrole nitrogens is 1. The van der Waals surface area contributed by atoms with E-state index in [1.165, 1.54) is 36.8 Å². The minimum absolute atomic E-state index is 0.0334. The van der Waals surface area contributed by atoms with E-state index in [-0.39, 0.29) is 21.2 Å². The van der Waals surface area contributed by atoms with Gasteiger partial charge in [-0.1, -0.05) is 42.5 Å². The van der Waals surface area contributed by atoms with Crippen molar-refractivity contribution in [2.75, 3.05) is 4.72 Å². The van der Waals surface area contributed by atoms with Crippen molar-refractivity contribution >= 4 is 48.3 Å². The van der Waals surface area contributed by atoms with Crippen molar-refractivity contribution < 1.29 is 21.9 Å². The van der Waals surface area contributed by atoms with E-state index >= 15 is 0 Å². The van der Waals surface area contributed by atoms with Crippen molar-refractivity contribution in [3.05, 3.63) is 85.5 Å². The third-order valence-corrected chi connectivity index (χ3v) is 9.02. The van der Waals surface area contributed by atoms with Crippen molar-refractivity contribution in [1.29, 1.82) is 0 Å². The Morgan fingerprint density at radius 2 is 1.63 bits per heavy atom. The normalized spacial score (nSPS) is 12.1. The molecule has 3 N–H and O–H groups in total. The molecule has 0 radical (unpaired) electrons. The second-order valence-corrected chi connectivity index (χ2v) is 11.9. The molecule has 10 nitrogen and oxygen atoms in total. The number of aromatic hydroxyl groups is 1. The first kappa shape index (κ1) is 23.0. The van der Waals surface area contributed by atoms with Gasteiger partial charge in [0.15, 0.2) is 5.16 Å². The highest BCUT2D eigenvalue weighted by molar-refractivity contribution is 7.99. The Hall–Kier alpha value is -3.81. The lowest BCUT2D eigenvalue weighted by atomic mass is 10.1. The Morgan fingerprint density at radius 1 is 0.914 bits per heavy atom. The second kappa shape index (κ2) is 8.76. The standard InChI is InChI=1S/C22H17N5O5S3/c28-21-18-9-5-4-8-17(18)19(12-20(21)33-22-23-14-24-25-22)26-34(29,30)16-10-11-27(13-16)35(31,32)15-6-2-1-3-7-15/h1-14,26,28H,(H,23,24,25). The largest absolute Gasteiger partial charge is 0.506 e. The number of hydrogen-bond acceptors (Lipinski definition) is 8. The van der Waals surface area contributed by atoms with Crippen LogP contribution >= 0.6 is 11.8 Å². The molecule has 0 spiro atoms. The minimum Gasteiger partial charge on any atom is -0.506 e. The van der Waals surface area contributed by atoms with Crippen LogP contribution in [0.5, 0.6) is 5.75 Å². The Balaban J connectivity index is 1.53. The van der Waals surface area contributed by atoms with Crippen molar-refractivity contribution in [2.45, 2.75) is 19.8 Å². The summed E-state index contributed by atoms with van der Waals surface area (Å²) in [6, 6.07) is 17.2. The highest BCUT2D eigenvalue weighted by Gasteiger charge is 2.23. The summed E-state index contributed by atoms with van der Waals surface area (Å²) < 4.78 is 55.5. The van der Waals surface area contributed by atoms with Crippen LogP contribution < -0.4 is 4.72 Å². The predicted molar refractivity (Wildman–Crippen MR) is 130 cm³/mol. The van der Waals surface area contributed by atoms with E-state index in [1.807, 2.05) is 0 Å². The summed E-state index contributed by atoms with van der Waals surface area (Å²) in [4.78, 5) is 4.17. The van der Waals surface area contributed by atoms with Crippen LogP contribution in [0.3, 0.4) is 0 Å². The lowest BCUT2D eigenvalue weighted by Gasteiger charge is -2.14. The number of nitrogens with one attached hydrogen (secondary N) is 2. The van der Waals surface area contributed by atoms with Crippen LogP contribution in [0.4, 0.5) is 5.69 Å². The molecule has 2 aromatic heterocycles. The number of sulfonamides is 1. The lowest BCUT2D eigenvalue weighted by molar-refractivity contribution is 0.469. The van der Waals surface area contributed by atoms with Gasteiger partial charge in [0.1, 0.15) is 17.0 Å².